The maximum atomic E-state index is 14.5. The van der Waals surface area contributed by atoms with Gasteiger partial charge in [-0.25, -0.2) is 14.4 Å². The van der Waals surface area contributed by atoms with Crippen LogP contribution in [0.15, 0.2) is 35.1 Å². The third-order valence-corrected chi connectivity index (χ3v) is 6.45. The summed E-state index contributed by atoms with van der Waals surface area (Å²) in [6.07, 6.45) is 0.940. The first-order chi connectivity index (χ1) is 15.9. The Labute approximate surface area is 188 Å². The number of hydrogen-bond acceptors (Lipinski definition) is 6. The Balaban J connectivity index is 1.18. The van der Waals surface area contributed by atoms with Crippen molar-refractivity contribution in [3.8, 4) is 0 Å². The summed E-state index contributed by atoms with van der Waals surface area (Å²) in [7, 11) is 1.48. The zero-order chi connectivity index (χ0) is 23.1. The molecule has 0 spiro atoms. The van der Waals surface area contributed by atoms with Gasteiger partial charge in [0.25, 0.3) is 11.5 Å². The summed E-state index contributed by atoms with van der Waals surface area (Å²) in [5.74, 6) is -0.278. The van der Waals surface area contributed by atoms with Gasteiger partial charge in [-0.3, -0.25) is 14.5 Å². The van der Waals surface area contributed by atoms with Gasteiger partial charge in [0.05, 0.1) is 16.6 Å². The van der Waals surface area contributed by atoms with Crippen molar-refractivity contribution in [2.75, 3.05) is 44.7 Å². The van der Waals surface area contributed by atoms with Crippen LogP contribution in [0, 0.1) is 17.7 Å². The lowest BCUT2D eigenvalue weighted by Crippen LogP contribution is -2.47. The van der Waals surface area contributed by atoms with E-state index in [1.165, 1.54) is 31.3 Å². The van der Waals surface area contributed by atoms with Gasteiger partial charge in [-0.1, -0.05) is 0 Å². The number of carbonyl (C=O) groups excluding carboxylic acids is 1. The Morgan fingerprint density at radius 2 is 1.94 bits per heavy atom. The number of aromatic nitrogens is 3. The molecule has 33 heavy (non-hydrogen) atoms. The number of benzene rings is 1. The topological polar surface area (TPSA) is 94.2 Å². The van der Waals surface area contributed by atoms with E-state index in [0.717, 1.165) is 26.1 Å². The molecule has 2 aliphatic rings. The van der Waals surface area contributed by atoms with Crippen LogP contribution >= 0.6 is 0 Å². The molecule has 0 radical (unpaired) electrons. The monoisotopic (exact) mass is 454 g/mol. The molecule has 1 saturated carbocycles. The van der Waals surface area contributed by atoms with Gasteiger partial charge in [0.15, 0.2) is 0 Å². The van der Waals surface area contributed by atoms with Crippen LogP contribution in [0.25, 0.3) is 10.9 Å². The van der Waals surface area contributed by atoms with Crippen molar-refractivity contribution < 1.29 is 13.6 Å². The lowest BCUT2D eigenvalue weighted by atomic mass is 10.2. The fraction of sp³-hybridized carbons (Fsp3) is 0.391. The smallest absolute Gasteiger partial charge is 0.269 e. The van der Waals surface area contributed by atoms with E-state index in [0.29, 0.717) is 36.0 Å². The molecule has 10 heteroatoms. The first-order valence-corrected chi connectivity index (χ1v) is 11.0. The van der Waals surface area contributed by atoms with E-state index < -0.39 is 17.7 Å². The number of piperazine rings is 1. The molecule has 3 heterocycles. The number of pyridine rings is 1. The summed E-state index contributed by atoms with van der Waals surface area (Å²) < 4.78 is 27.9. The number of carbonyl (C=O) groups is 1. The number of hydrogen-bond donors (Lipinski definition) is 2. The van der Waals surface area contributed by atoms with Gasteiger partial charge in [-0.2, -0.15) is 4.39 Å². The highest BCUT2D eigenvalue weighted by atomic mass is 19.1. The van der Waals surface area contributed by atoms with Crippen molar-refractivity contribution in [2.45, 2.75) is 12.3 Å². The number of halogens is 2. The van der Waals surface area contributed by atoms with Gasteiger partial charge >= 0.3 is 0 Å². The molecule has 1 aromatic carbocycles. The minimum Gasteiger partial charge on any atom is -0.365 e. The van der Waals surface area contributed by atoms with Gasteiger partial charge < -0.3 is 15.2 Å². The van der Waals surface area contributed by atoms with E-state index in [9.17, 15) is 18.4 Å². The summed E-state index contributed by atoms with van der Waals surface area (Å²) in [5, 5.41) is 2.70. The fourth-order valence-electron chi connectivity index (χ4n) is 4.51. The Morgan fingerprint density at radius 3 is 2.67 bits per heavy atom. The Hall–Kier alpha value is -3.40. The largest absolute Gasteiger partial charge is 0.365 e. The molecule has 5 rings (SSSR count). The van der Waals surface area contributed by atoms with Crippen molar-refractivity contribution in [2.24, 2.45) is 5.92 Å². The van der Waals surface area contributed by atoms with Gasteiger partial charge in [0, 0.05) is 45.7 Å². The molecule has 172 valence electrons. The zero-order valence-electron chi connectivity index (χ0n) is 18.1. The second-order valence-electron chi connectivity index (χ2n) is 8.59. The third-order valence-electron chi connectivity index (χ3n) is 6.45. The number of nitrogens with one attached hydrogen (secondary N) is 2. The second kappa shape index (κ2) is 8.51. The number of nitrogens with zero attached hydrogens (tertiary/aromatic N) is 4. The summed E-state index contributed by atoms with van der Waals surface area (Å²) in [5.41, 5.74) is 0.655. The van der Waals surface area contributed by atoms with E-state index in [-0.39, 0.29) is 22.6 Å². The predicted octanol–water partition coefficient (Wildman–Crippen LogP) is 1.88. The van der Waals surface area contributed by atoms with Gasteiger partial charge in [0.1, 0.15) is 17.3 Å². The van der Waals surface area contributed by atoms with Crippen molar-refractivity contribution in [1.29, 1.82) is 0 Å². The average molecular weight is 454 g/mol. The highest BCUT2D eigenvalue weighted by molar-refractivity contribution is 5.92. The Bertz CT molecular complexity index is 1270. The molecule has 2 atom stereocenters. The molecule has 2 fully saturated rings. The lowest BCUT2D eigenvalue weighted by Gasteiger charge is -2.36. The van der Waals surface area contributed by atoms with Crippen LogP contribution in [0.1, 0.15) is 28.7 Å². The second-order valence-corrected chi connectivity index (χ2v) is 8.59. The van der Waals surface area contributed by atoms with E-state index >= 15 is 0 Å². The summed E-state index contributed by atoms with van der Waals surface area (Å²) in [6, 6.07) is 7.19. The van der Waals surface area contributed by atoms with Crippen molar-refractivity contribution in [3.05, 3.63) is 64.0 Å². The van der Waals surface area contributed by atoms with Crippen LogP contribution < -0.4 is 15.8 Å². The first-order valence-electron chi connectivity index (χ1n) is 11.0. The molecular formula is C23H24F2N6O2. The maximum absolute atomic E-state index is 14.5. The molecule has 1 aliphatic carbocycles. The molecule has 2 aromatic heterocycles. The minimum absolute atomic E-state index is 0.0580. The number of fused-ring (bicyclic) bond motifs is 1. The number of anilines is 1. The normalized spacial score (nSPS) is 20.8. The number of H-pyrrole nitrogens is 1. The van der Waals surface area contributed by atoms with Crippen LogP contribution in [-0.4, -0.2) is 65.5 Å². The van der Waals surface area contributed by atoms with Crippen LogP contribution in [0.4, 0.5) is 14.5 Å². The van der Waals surface area contributed by atoms with Crippen LogP contribution in [-0.2, 0) is 0 Å². The van der Waals surface area contributed by atoms with E-state index in [4.69, 9.17) is 0 Å². The zero-order valence-corrected chi connectivity index (χ0v) is 18.1. The Kier molecular flexibility index (Phi) is 5.53. The molecule has 8 nitrogen and oxygen atoms in total. The number of rotatable bonds is 5. The van der Waals surface area contributed by atoms with Crippen LogP contribution in [0.3, 0.4) is 0 Å². The molecule has 1 aliphatic heterocycles. The number of aromatic amines is 1. The van der Waals surface area contributed by atoms with Crippen LogP contribution in [0.2, 0.25) is 0 Å². The summed E-state index contributed by atoms with van der Waals surface area (Å²) in [4.78, 5) is 39.4. The van der Waals surface area contributed by atoms with Gasteiger partial charge in [-0.05, 0) is 42.7 Å². The van der Waals surface area contributed by atoms with Gasteiger partial charge in [-0.15, -0.1) is 0 Å². The van der Waals surface area contributed by atoms with Crippen LogP contribution in [0.5, 0.6) is 0 Å². The van der Waals surface area contributed by atoms with Gasteiger partial charge in [0.2, 0.25) is 5.95 Å². The maximum Gasteiger partial charge on any atom is 0.269 e. The van der Waals surface area contributed by atoms with E-state index in [2.05, 4.69) is 25.2 Å². The molecule has 2 unspecified atom stereocenters. The lowest BCUT2D eigenvalue weighted by molar-refractivity contribution is 0.0957. The van der Waals surface area contributed by atoms with Crippen molar-refractivity contribution >= 4 is 22.5 Å². The van der Waals surface area contributed by atoms with Crippen molar-refractivity contribution in [3.63, 3.8) is 0 Å². The standard InChI is InChI=1S/C23H24F2N6O2/c1-26-23(33)18-4-5-19(20(25)27-18)31-8-6-30(7-9-31)12-13-10-15(13)21-28-17-3-2-14(24)11-16(17)22(32)29-21/h2-5,11,13,15H,6-10,12H2,1H3,(H,26,33)(H,28,29,32). The quantitative estimate of drug-likeness (QED) is 0.572. The average Bonchev–Trinajstić information content (AvgIpc) is 3.58. The molecule has 1 amide bonds. The highest BCUT2D eigenvalue weighted by Crippen LogP contribution is 2.46. The molecular weight excluding hydrogens is 430 g/mol. The first kappa shape index (κ1) is 21.4. The van der Waals surface area contributed by atoms with E-state index in [1.807, 2.05) is 4.90 Å². The SMILES string of the molecule is CNC(=O)c1ccc(N2CCN(CC3CC3c3nc4ccc(F)cc4c(=O)[nH]3)CC2)c(F)n1. The predicted molar refractivity (Wildman–Crippen MR) is 119 cm³/mol. The third kappa shape index (κ3) is 4.30. The summed E-state index contributed by atoms with van der Waals surface area (Å²) in [6.45, 7) is 3.75. The molecule has 3 aromatic rings. The summed E-state index contributed by atoms with van der Waals surface area (Å²) >= 11 is 0. The number of amides is 1. The molecule has 2 N–H and O–H groups in total. The van der Waals surface area contributed by atoms with Crippen molar-refractivity contribution in [1.82, 2.24) is 25.2 Å². The fourth-order valence-corrected chi connectivity index (χ4v) is 4.51. The minimum atomic E-state index is -0.641. The highest BCUT2D eigenvalue weighted by Gasteiger charge is 2.41. The van der Waals surface area contributed by atoms with E-state index in [1.54, 1.807) is 6.07 Å². The molecule has 0 bridgehead atoms. The Morgan fingerprint density at radius 1 is 1.15 bits per heavy atom. The molecule has 1 saturated heterocycles.